The Morgan fingerprint density at radius 1 is 1.55 bits per heavy atom. The second kappa shape index (κ2) is 6.82. The lowest BCUT2D eigenvalue weighted by molar-refractivity contribution is -0.117. The highest BCUT2D eigenvalue weighted by Gasteiger charge is 2.32. The Morgan fingerprint density at radius 3 is 3.05 bits per heavy atom. The molecule has 0 saturated carbocycles. The lowest BCUT2D eigenvalue weighted by Gasteiger charge is -2.12. The van der Waals surface area contributed by atoms with Crippen LogP contribution in [0.15, 0.2) is 21.3 Å². The van der Waals surface area contributed by atoms with Gasteiger partial charge < -0.3 is 0 Å². The van der Waals surface area contributed by atoms with E-state index in [9.17, 15) is 9.59 Å². The number of hydrogen-bond acceptors (Lipinski definition) is 6. The van der Waals surface area contributed by atoms with Crippen LogP contribution in [-0.4, -0.2) is 28.3 Å². The van der Waals surface area contributed by atoms with Gasteiger partial charge in [0.05, 0.1) is 10.6 Å². The smallest absolute Gasteiger partial charge is 0.229 e. The summed E-state index contributed by atoms with van der Waals surface area (Å²) in [6.07, 6.45) is 0.498. The minimum atomic E-state index is 0.0975. The molecule has 2 aromatic heterocycles. The molecule has 2 aromatic rings. The molecule has 3 rings (SSSR count). The van der Waals surface area contributed by atoms with E-state index in [1.165, 1.54) is 23.1 Å². The number of thiazole rings is 1. The first-order chi connectivity index (χ1) is 10.5. The number of amides is 1. The van der Waals surface area contributed by atoms with Crippen LogP contribution < -0.4 is 4.90 Å². The summed E-state index contributed by atoms with van der Waals surface area (Å²) in [5, 5.41) is 4.84. The molecule has 8 heteroatoms. The molecule has 1 unspecified atom stereocenters. The molecule has 22 heavy (non-hydrogen) atoms. The van der Waals surface area contributed by atoms with E-state index in [4.69, 9.17) is 0 Å². The zero-order valence-corrected chi connectivity index (χ0v) is 15.8. The number of carbonyl (C=O) groups excluding carboxylic acids is 2. The molecule has 1 amide bonds. The summed E-state index contributed by atoms with van der Waals surface area (Å²) in [4.78, 5) is 30.7. The van der Waals surface area contributed by atoms with Gasteiger partial charge in [-0.2, -0.15) is 0 Å². The van der Waals surface area contributed by atoms with Crippen molar-refractivity contribution >= 4 is 66.5 Å². The maximum absolute atomic E-state index is 12.2. The average molecular weight is 417 g/mol. The van der Waals surface area contributed by atoms with Gasteiger partial charge in [-0.15, -0.1) is 22.7 Å². The number of rotatable bonds is 4. The van der Waals surface area contributed by atoms with Gasteiger partial charge in [0.2, 0.25) is 5.91 Å². The first-order valence-electron chi connectivity index (χ1n) is 6.67. The normalized spacial score (nSPS) is 18.2. The van der Waals surface area contributed by atoms with Crippen molar-refractivity contribution in [3.8, 4) is 10.6 Å². The van der Waals surface area contributed by atoms with Crippen LogP contribution in [0.25, 0.3) is 10.6 Å². The molecular weight excluding hydrogens is 404 g/mol. The number of thioether (sulfide) groups is 1. The van der Waals surface area contributed by atoms with Crippen molar-refractivity contribution in [2.24, 2.45) is 5.92 Å². The van der Waals surface area contributed by atoms with Crippen LogP contribution in [-0.2, 0) is 9.59 Å². The van der Waals surface area contributed by atoms with Gasteiger partial charge in [0.1, 0.15) is 0 Å². The van der Waals surface area contributed by atoms with Crippen molar-refractivity contribution in [2.45, 2.75) is 13.3 Å². The Labute approximate surface area is 149 Å². The minimum Gasteiger partial charge on any atom is -0.288 e. The summed E-state index contributed by atoms with van der Waals surface area (Å²) in [6, 6.07) is 2.00. The summed E-state index contributed by atoms with van der Waals surface area (Å²) in [5.41, 5.74) is 0.899. The van der Waals surface area contributed by atoms with Gasteiger partial charge in [-0.3, -0.25) is 14.5 Å². The maximum atomic E-state index is 12.2. The maximum Gasteiger partial charge on any atom is 0.229 e. The third-order valence-electron chi connectivity index (χ3n) is 3.30. The van der Waals surface area contributed by atoms with E-state index in [1.807, 2.05) is 16.8 Å². The average Bonchev–Trinajstić information content (AvgIpc) is 3.15. The Morgan fingerprint density at radius 2 is 2.36 bits per heavy atom. The minimum absolute atomic E-state index is 0.0975. The van der Waals surface area contributed by atoms with E-state index < -0.39 is 0 Å². The second-order valence-electron chi connectivity index (χ2n) is 4.99. The first kappa shape index (κ1) is 16.2. The molecule has 0 radical (unpaired) electrons. The Bertz CT molecular complexity index is 713. The largest absolute Gasteiger partial charge is 0.288 e. The van der Waals surface area contributed by atoms with Crippen molar-refractivity contribution in [3.63, 3.8) is 0 Å². The molecule has 0 aliphatic carbocycles. The van der Waals surface area contributed by atoms with Gasteiger partial charge in [-0.05, 0) is 33.3 Å². The molecule has 1 fully saturated rings. The summed E-state index contributed by atoms with van der Waals surface area (Å²) in [7, 11) is 0. The molecule has 3 heterocycles. The molecule has 1 atom stereocenters. The third-order valence-corrected chi connectivity index (χ3v) is 7.07. The monoisotopic (exact) mass is 416 g/mol. The van der Waals surface area contributed by atoms with Gasteiger partial charge in [0.25, 0.3) is 0 Å². The molecular formula is C14H13BrN2O2S3. The fourth-order valence-corrected chi connectivity index (χ4v) is 5.43. The lowest BCUT2D eigenvalue weighted by Crippen LogP contribution is -2.24. The van der Waals surface area contributed by atoms with Crippen molar-refractivity contribution < 1.29 is 9.59 Å². The zero-order valence-electron chi connectivity index (χ0n) is 11.7. The van der Waals surface area contributed by atoms with Gasteiger partial charge in [0.15, 0.2) is 10.2 Å². The number of thiophene rings is 1. The van der Waals surface area contributed by atoms with Gasteiger partial charge >= 0.3 is 0 Å². The Hall–Kier alpha value is -0.700. The van der Waals surface area contributed by atoms with Crippen LogP contribution in [0, 0.1) is 5.92 Å². The lowest BCUT2D eigenvalue weighted by atomic mass is 10.1. The first-order valence-corrected chi connectivity index (χ1v) is 10.2. The van der Waals surface area contributed by atoms with Crippen LogP contribution in [0.5, 0.6) is 0 Å². The predicted octanol–water partition coefficient (Wildman–Crippen LogP) is 4.27. The van der Waals surface area contributed by atoms with Gasteiger partial charge in [-0.1, -0.05) is 11.8 Å². The summed E-state index contributed by atoms with van der Waals surface area (Å²) in [6.45, 7) is 2.21. The fraction of sp³-hybridized carbons (Fsp3) is 0.357. The van der Waals surface area contributed by atoms with Crippen LogP contribution in [0.3, 0.4) is 0 Å². The topological polar surface area (TPSA) is 50.3 Å². The van der Waals surface area contributed by atoms with Crippen LogP contribution in [0.1, 0.15) is 13.3 Å². The molecule has 0 bridgehead atoms. The fourth-order valence-electron chi connectivity index (χ4n) is 2.28. The molecule has 116 valence electrons. The van der Waals surface area contributed by atoms with Crippen molar-refractivity contribution in [3.05, 3.63) is 21.3 Å². The van der Waals surface area contributed by atoms with Crippen LogP contribution >= 0.6 is 50.4 Å². The van der Waals surface area contributed by atoms with E-state index in [0.29, 0.717) is 18.7 Å². The number of aromatic nitrogens is 1. The van der Waals surface area contributed by atoms with Crippen LogP contribution in [0.2, 0.25) is 0 Å². The second-order valence-corrected chi connectivity index (χ2v) is 8.79. The predicted molar refractivity (Wildman–Crippen MR) is 96.7 cm³/mol. The highest BCUT2D eigenvalue weighted by atomic mass is 79.9. The molecule has 1 aliphatic rings. The SMILES string of the molecule is CC(=O)SCC1CC(=O)N(c2nc(-c3sccc3Br)cs2)C1. The molecule has 1 aliphatic heterocycles. The van der Waals surface area contributed by atoms with Gasteiger partial charge in [-0.25, -0.2) is 4.98 Å². The molecule has 0 aromatic carbocycles. The molecule has 0 spiro atoms. The highest BCUT2D eigenvalue weighted by molar-refractivity contribution is 9.10. The summed E-state index contributed by atoms with van der Waals surface area (Å²) >= 11 is 7.92. The number of carbonyl (C=O) groups is 2. The third kappa shape index (κ3) is 3.45. The zero-order chi connectivity index (χ0) is 15.7. The van der Waals surface area contributed by atoms with E-state index in [2.05, 4.69) is 20.9 Å². The summed E-state index contributed by atoms with van der Waals surface area (Å²) < 4.78 is 1.03. The van der Waals surface area contributed by atoms with Crippen molar-refractivity contribution in [2.75, 3.05) is 17.2 Å². The van der Waals surface area contributed by atoms with E-state index >= 15 is 0 Å². The quantitative estimate of drug-likeness (QED) is 0.746. The van der Waals surface area contributed by atoms with E-state index in [0.717, 1.165) is 20.2 Å². The Kier molecular flexibility index (Phi) is 5.01. The van der Waals surface area contributed by atoms with Crippen molar-refractivity contribution in [1.82, 2.24) is 4.98 Å². The molecule has 4 nitrogen and oxygen atoms in total. The summed E-state index contributed by atoms with van der Waals surface area (Å²) in [5.74, 6) is 1.02. The number of anilines is 1. The molecule has 0 N–H and O–H groups in total. The number of halogens is 1. The van der Waals surface area contributed by atoms with E-state index in [-0.39, 0.29) is 16.9 Å². The molecule has 1 saturated heterocycles. The standard InChI is InChI=1S/C14H13BrN2O2S3/c1-8(18)21-6-9-4-12(19)17(5-9)14-16-11(7-22-14)13-10(15)2-3-20-13/h2-3,7,9H,4-6H2,1H3. The van der Waals surface area contributed by atoms with Gasteiger partial charge in [0, 0.05) is 35.5 Å². The number of hydrogen-bond donors (Lipinski definition) is 0. The van der Waals surface area contributed by atoms with Crippen molar-refractivity contribution in [1.29, 1.82) is 0 Å². The Balaban J connectivity index is 1.72. The van der Waals surface area contributed by atoms with E-state index in [1.54, 1.807) is 23.2 Å². The number of nitrogens with zero attached hydrogens (tertiary/aromatic N) is 2. The van der Waals surface area contributed by atoms with Crippen LogP contribution in [0.4, 0.5) is 5.13 Å². The highest BCUT2D eigenvalue weighted by Crippen LogP contribution is 2.37.